The van der Waals surface area contributed by atoms with Crippen LogP contribution >= 0.6 is 0 Å². The van der Waals surface area contributed by atoms with Gasteiger partial charge in [0, 0.05) is 29.8 Å². The van der Waals surface area contributed by atoms with Gasteiger partial charge in [-0.2, -0.15) is 10.4 Å². The van der Waals surface area contributed by atoms with E-state index in [-0.39, 0.29) is 28.5 Å². The zero-order chi connectivity index (χ0) is 18.8. The van der Waals surface area contributed by atoms with E-state index >= 15 is 0 Å². The number of nitrogen functional groups attached to an aromatic ring is 1. The minimum Gasteiger partial charge on any atom is -0.382 e. The third-order valence-electron chi connectivity index (χ3n) is 3.69. The summed E-state index contributed by atoms with van der Waals surface area (Å²) in [5, 5.41) is 35.2. The summed E-state index contributed by atoms with van der Waals surface area (Å²) in [4.78, 5) is 20.4. The van der Waals surface area contributed by atoms with Crippen molar-refractivity contribution in [2.75, 3.05) is 5.73 Å². The highest BCUT2D eigenvalue weighted by Crippen LogP contribution is 2.30. The maximum atomic E-state index is 10.8. The SMILES string of the molecule is N#Cc1c(-c2ccc([N+](=O)[O-])cc2)nn(-c2ccc([N+](=O)[O-])cc2)c1N. The highest BCUT2D eigenvalue weighted by atomic mass is 16.6. The Labute approximate surface area is 146 Å². The van der Waals surface area contributed by atoms with Gasteiger partial charge in [-0.15, -0.1) is 0 Å². The van der Waals surface area contributed by atoms with Crippen LogP contribution in [0.2, 0.25) is 0 Å². The van der Waals surface area contributed by atoms with Crippen molar-refractivity contribution in [1.82, 2.24) is 9.78 Å². The smallest absolute Gasteiger partial charge is 0.269 e. The van der Waals surface area contributed by atoms with Gasteiger partial charge in [0.1, 0.15) is 23.1 Å². The largest absolute Gasteiger partial charge is 0.382 e. The quantitative estimate of drug-likeness (QED) is 0.560. The lowest BCUT2D eigenvalue weighted by Crippen LogP contribution is -2.02. The first-order valence-electron chi connectivity index (χ1n) is 7.20. The third-order valence-corrected chi connectivity index (χ3v) is 3.69. The number of non-ortho nitro benzene ring substituents is 2. The lowest BCUT2D eigenvalue weighted by molar-refractivity contribution is -0.385. The Morgan fingerprint density at radius 1 is 0.962 bits per heavy atom. The van der Waals surface area contributed by atoms with Gasteiger partial charge in [0.15, 0.2) is 0 Å². The predicted octanol–water partition coefficient (Wildman–Crippen LogP) is 2.81. The van der Waals surface area contributed by atoms with Crippen molar-refractivity contribution in [2.24, 2.45) is 0 Å². The second-order valence-electron chi connectivity index (χ2n) is 5.21. The van der Waals surface area contributed by atoms with Crippen molar-refractivity contribution in [1.29, 1.82) is 5.26 Å². The molecule has 0 radical (unpaired) electrons. The summed E-state index contributed by atoms with van der Waals surface area (Å²) in [5.74, 6) is 0.0645. The third kappa shape index (κ3) is 2.80. The zero-order valence-electron chi connectivity index (χ0n) is 13.1. The Morgan fingerprint density at radius 2 is 1.46 bits per heavy atom. The van der Waals surface area contributed by atoms with E-state index in [0.29, 0.717) is 11.3 Å². The van der Waals surface area contributed by atoms with Crippen LogP contribution in [0, 0.1) is 31.6 Å². The predicted molar refractivity (Wildman–Crippen MR) is 91.4 cm³/mol. The molecule has 0 atom stereocenters. The van der Waals surface area contributed by atoms with Crippen molar-refractivity contribution < 1.29 is 9.85 Å². The Morgan fingerprint density at radius 3 is 1.92 bits per heavy atom. The molecule has 0 amide bonds. The van der Waals surface area contributed by atoms with E-state index in [9.17, 15) is 25.5 Å². The van der Waals surface area contributed by atoms with E-state index in [0.717, 1.165) is 0 Å². The number of nitrogens with two attached hydrogens (primary N) is 1. The Hall–Kier alpha value is -4.26. The number of nitro groups is 2. The maximum Gasteiger partial charge on any atom is 0.269 e. The van der Waals surface area contributed by atoms with Crippen LogP contribution in [0.15, 0.2) is 48.5 Å². The number of hydrogen-bond acceptors (Lipinski definition) is 7. The minimum atomic E-state index is -0.529. The lowest BCUT2D eigenvalue weighted by Gasteiger charge is -2.03. The van der Waals surface area contributed by atoms with Gasteiger partial charge in [0.25, 0.3) is 11.4 Å². The van der Waals surface area contributed by atoms with Crippen LogP contribution in [-0.4, -0.2) is 19.6 Å². The minimum absolute atomic E-state index is 0.0645. The number of hydrogen-bond donors (Lipinski definition) is 1. The molecule has 0 aliphatic heterocycles. The molecule has 0 saturated carbocycles. The van der Waals surface area contributed by atoms with Gasteiger partial charge in [0.05, 0.1) is 15.5 Å². The van der Waals surface area contributed by atoms with Crippen molar-refractivity contribution in [3.05, 3.63) is 74.3 Å². The van der Waals surface area contributed by atoms with Crippen molar-refractivity contribution in [3.8, 4) is 23.0 Å². The normalized spacial score (nSPS) is 10.3. The van der Waals surface area contributed by atoms with E-state index in [1.807, 2.05) is 6.07 Å². The number of rotatable bonds is 4. The molecule has 3 aromatic rings. The maximum absolute atomic E-state index is 10.8. The van der Waals surface area contributed by atoms with Crippen LogP contribution in [0.1, 0.15) is 5.56 Å². The molecule has 10 nitrogen and oxygen atoms in total. The summed E-state index contributed by atoms with van der Waals surface area (Å²) in [6.45, 7) is 0. The summed E-state index contributed by atoms with van der Waals surface area (Å²) >= 11 is 0. The summed E-state index contributed by atoms with van der Waals surface area (Å²) in [5.41, 5.74) is 7.12. The van der Waals surface area contributed by atoms with Gasteiger partial charge in [-0.25, -0.2) is 4.68 Å². The summed E-state index contributed by atoms with van der Waals surface area (Å²) in [7, 11) is 0. The van der Waals surface area contributed by atoms with E-state index in [1.165, 1.54) is 53.2 Å². The molecule has 0 aliphatic carbocycles. The van der Waals surface area contributed by atoms with Crippen LogP contribution in [0.5, 0.6) is 0 Å². The Kier molecular flexibility index (Phi) is 4.04. The molecule has 1 heterocycles. The van der Waals surface area contributed by atoms with Gasteiger partial charge in [0.2, 0.25) is 0 Å². The van der Waals surface area contributed by atoms with E-state index < -0.39 is 9.85 Å². The zero-order valence-corrected chi connectivity index (χ0v) is 13.1. The number of nitro benzene ring substituents is 2. The van der Waals surface area contributed by atoms with E-state index in [1.54, 1.807) is 0 Å². The second-order valence-corrected chi connectivity index (χ2v) is 5.21. The number of nitriles is 1. The lowest BCUT2D eigenvalue weighted by atomic mass is 10.1. The van der Waals surface area contributed by atoms with Gasteiger partial charge >= 0.3 is 0 Å². The van der Waals surface area contributed by atoms with Gasteiger partial charge in [-0.3, -0.25) is 20.2 Å². The molecular weight excluding hydrogens is 340 g/mol. The molecule has 10 heteroatoms. The van der Waals surface area contributed by atoms with Gasteiger partial charge in [-0.1, -0.05) is 0 Å². The summed E-state index contributed by atoms with van der Waals surface area (Å²) < 4.78 is 1.29. The van der Waals surface area contributed by atoms with Gasteiger partial charge in [-0.05, 0) is 24.3 Å². The molecule has 0 aliphatic rings. The number of aromatic nitrogens is 2. The first kappa shape index (κ1) is 16.6. The van der Waals surface area contributed by atoms with Crippen LogP contribution in [0.3, 0.4) is 0 Å². The molecule has 2 aromatic carbocycles. The summed E-state index contributed by atoms with van der Waals surface area (Å²) in [6, 6.07) is 13.0. The fraction of sp³-hybridized carbons (Fsp3) is 0. The molecule has 0 unspecified atom stereocenters. The molecule has 3 rings (SSSR count). The topological polar surface area (TPSA) is 154 Å². The Balaban J connectivity index is 2.08. The van der Waals surface area contributed by atoms with E-state index in [2.05, 4.69) is 5.10 Å². The molecule has 0 bridgehead atoms. The average Bonchev–Trinajstić information content (AvgIpc) is 2.98. The highest BCUT2D eigenvalue weighted by molar-refractivity contribution is 5.74. The first-order chi connectivity index (χ1) is 12.4. The monoisotopic (exact) mass is 350 g/mol. The molecule has 0 spiro atoms. The molecule has 26 heavy (non-hydrogen) atoms. The van der Waals surface area contributed by atoms with Crippen molar-refractivity contribution >= 4 is 17.2 Å². The molecule has 0 saturated heterocycles. The second kappa shape index (κ2) is 6.33. The highest BCUT2D eigenvalue weighted by Gasteiger charge is 2.19. The molecule has 1 aromatic heterocycles. The first-order valence-corrected chi connectivity index (χ1v) is 7.20. The fourth-order valence-corrected chi connectivity index (χ4v) is 2.40. The Bertz CT molecular complexity index is 1050. The molecule has 128 valence electrons. The molecule has 0 fully saturated rings. The molecule has 2 N–H and O–H groups in total. The number of anilines is 1. The summed E-state index contributed by atoms with van der Waals surface area (Å²) in [6.07, 6.45) is 0. The van der Waals surface area contributed by atoms with E-state index in [4.69, 9.17) is 5.73 Å². The van der Waals surface area contributed by atoms with Gasteiger partial charge < -0.3 is 5.73 Å². The molecular formula is C16H10N6O4. The van der Waals surface area contributed by atoms with Crippen molar-refractivity contribution in [2.45, 2.75) is 0 Å². The van der Waals surface area contributed by atoms with Crippen LogP contribution in [-0.2, 0) is 0 Å². The average molecular weight is 350 g/mol. The number of nitrogens with zero attached hydrogens (tertiary/aromatic N) is 5. The number of benzene rings is 2. The van der Waals surface area contributed by atoms with Crippen molar-refractivity contribution in [3.63, 3.8) is 0 Å². The van der Waals surface area contributed by atoms with Crippen LogP contribution in [0.4, 0.5) is 17.2 Å². The fourth-order valence-electron chi connectivity index (χ4n) is 2.40. The standard InChI is InChI=1S/C16H10N6O4/c17-9-14-15(10-1-3-12(4-2-10)21(23)24)19-20(16(14)18)11-5-7-13(8-6-11)22(25)26/h1-8H,18H2. The van der Waals surface area contributed by atoms with Crippen LogP contribution < -0.4 is 5.73 Å². The van der Waals surface area contributed by atoms with Crippen LogP contribution in [0.25, 0.3) is 16.9 Å².